The molecule has 0 unspecified atom stereocenters. The first kappa shape index (κ1) is 9.17. The minimum absolute atomic E-state index is 0.0258. The number of ether oxygens (including phenoxy) is 1. The molecule has 0 rings (SSSR count). The summed E-state index contributed by atoms with van der Waals surface area (Å²) < 4.78 is 4.78. The van der Waals surface area contributed by atoms with Gasteiger partial charge in [0.25, 0.3) is 0 Å². The molecule has 0 amide bonds. The van der Waals surface area contributed by atoms with Crippen LogP contribution in [-0.2, 0) is 9.53 Å². The van der Waals surface area contributed by atoms with E-state index in [4.69, 9.17) is 9.84 Å². The molecular formula is C7H12O3. The summed E-state index contributed by atoms with van der Waals surface area (Å²) in [5.41, 5.74) is 0. The number of carbonyl (C=O) groups excluding carboxylic acids is 1. The number of unbranched alkanes of at least 4 members (excludes halogenated alkanes) is 1. The van der Waals surface area contributed by atoms with Crippen LogP contribution in [0.5, 0.6) is 0 Å². The van der Waals surface area contributed by atoms with E-state index >= 15 is 0 Å². The van der Waals surface area contributed by atoms with Crippen molar-refractivity contribution < 1.29 is 14.6 Å². The van der Waals surface area contributed by atoms with E-state index < -0.39 is 0 Å². The summed E-state index contributed by atoms with van der Waals surface area (Å²) >= 11 is 0. The predicted molar refractivity (Wildman–Crippen MR) is 37.5 cm³/mol. The Kier molecular flexibility index (Phi) is 7.49. The molecule has 0 heterocycles. The zero-order valence-corrected chi connectivity index (χ0v) is 5.82. The van der Waals surface area contributed by atoms with Gasteiger partial charge in [-0.05, 0) is 12.5 Å². The van der Waals surface area contributed by atoms with Crippen molar-refractivity contribution in [1.29, 1.82) is 0 Å². The second-order valence-corrected chi connectivity index (χ2v) is 1.71. The Hall–Kier alpha value is -0.830. The van der Waals surface area contributed by atoms with Gasteiger partial charge in [-0.2, -0.15) is 0 Å². The number of aliphatic hydroxyl groups is 1. The molecule has 0 spiro atoms. The van der Waals surface area contributed by atoms with E-state index in [0.717, 1.165) is 6.29 Å². The molecule has 0 saturated carbocycles. The van der Waals surface area contributed by atoms with Gasteiger partial charge in [0.1, 0.15) is 12.9 Å². The lowest BCUT2D eigenvalue weighted by Gasteiger charge is -1.93. The lowest BCUT2D eigenvalue weighted by molar-refractivity contribution is -0.107. The van der Waals surface area contributed by atoms with Crippen molar-refractivity contribution in [3.8, 4) is 0 Å². The lowest BCUT2D eigenvalue weighted by Crippen LogP contribution is -1.91. The second-order valence-electron chi connectivity index (χ2n) is 1.71. The van der Waals surface area contributed by atoms with Gasteiger partial charge in [0.15, 0.2) is 0 Å². The Bertz CT molecular complexity index is 99.0. The Balaban J connectivity index is 2.96. The molecule has 0 radical (unpaired) electrons. The van der Waals surface area contributed by atoms with Gasteiger partial charge >= 0.3 is 0 Å². The Morgan fingerprint density at radius 1 is 1.40 bits per heavy atom. The molecule has 0 bridgehead atoms. The van der Waals surface area contributed by atoms with Crippen molar-refractivity contribution in [1.82, 2.24) is 0 Å². The first-order valence-corrected chi connectivity index (χ1v) is 3.23. The van der Waals surface area contributed by atoms with Crippen LogP contribution in [0, 0.1) is 0 Å². The van der Waals surface area contributed by atoms with E-state index in [9.17, 15) is 4.79 Å². The van der Waals surface area contributed by atoms with Crippen LogP contribution in [-0.4, -0.2) is 24.6 Å². The second kappa shape index (κ2) is 8.17. The summed E-state index contributed by atoms with van der Waals surface area (Å²) in [7, 11) is 0. The maximum Gasteiger partial charge on any atom is 0.120 e. The SMILES string of the molecule is O=CCCC=COCCO. The molecule has 0 aromatic carbocycles. The van der Waals surface area contributed by atoms with Crippen LogP contribution in [0.15, 0.2) is 12.3 Å². The van der Waals surface area contributed by atoms with Crippen molar-refractivity contribution in [2.24, 2.45) is 0 Å². The lowest BCUT2D eigenvalue weighted by atomic mass is 10.3. The fourth-order valence-electron chi connectivity index (χ4n) is 0.421. The fourth-order valence-corrected chi connectivity index (χ4v) is 0.421. The molecule has 3 heteroatoms. The molecule has 0 aliphatic heterocycles. The van der Waals surface area contributed by atoms with Crippen molar-refractivity contribution in [3.63, 3.8) is 0 Å². The first-order valence-electron chi connectivity index (χ1n) is 3.23. The van der Waals surface area contributed by atoms with Gasteiger partial charge in [0, 0.05) is 6.42 Å². The molecule has 0 fully saturated rings. The van der Waals surface area contributed by atoms with E-state index in [2.05, 4.69) is 0 Å². The topological polar surface area (TPSA) is 46.5 Å². The average Bonchev–Trinajstić information content (AvgIpc) is 1.97. The molecule has 0 atom stereocenters. The zero-order chi connectivity index (χ0) is 7.66. The van der Waals surface area contributed by atoms with Crippen LogP contribution in [0.4, 0.5) is 0 Å². The van der Waals surface area contributed by atoms with Crippen LogP contribution in [0.2, 0.25) is 0 Å². The van der Waals surface area contributed by atoms with E-state index in [1.165, 1.54) is 6.26 Å². The molecule has 0 aliphatic carbocycles. The standard InChI is InChI=1S/C7H12O3/c8-4-2-1-3-6-10-7-5-9/h3-4,6,9H,1-2,5,7H2. The van der Waals surface area contributed by atoms with Gasteiger partial charge in [-0.15, -0.1) is 0 Å². The Labute approximate surface area is 60.3 Å². The molecule has 0 aliphatic rings. The normalized spacial score (nSPS) is 10.1. The van der Waals surface area contributed by atoms with Crippen molar-refractivity contribution in [2.75, 3.05) is 13.2 Å². The highest BCUT2D eigenvalue weighted by Crippen LogP contribution is 1.86. The van der Waals surface area contributed by atoms with Gasteiger partial charge in [0.05, 0.1) is 12.9 Å². The number of rotatable bonds is 6. The Morgan fingerprint density at radius 2 is 2.20 bits per heavy atom. The van der Waals surface area contributed by atoms with E-state index in [1.54, 1.807) is 6.08 Å². The highest BCUT2D eigenvalue weighted by Gasteiger charge is 1.78. The molecule has 1 N–H and O–H groups in total. The van der Waals surface area contributed by atoms with Gasteiger partial charge in [-0.3, -0.25) is 0 Å². The maximum absolute atomic E-state index is 9.78. The summed E-state index contributed by atoms with van der Waals surface area (Å²) in [6.07, 6.45) is 5.34. The van der Waals surface area contributed by atoms with Gasteiger partial charge in [0.2, 0.25) is 0 Å². The third-order valence-electron chi connectivity index (χ3n) is 0.853. The number of hydrogen-bond donors (Lipinski definition) is 1. The smallest absolute Gasteiger partial charge is 0.120 e. The molecular weight excluding hydrogens is 132 g/mol. The summed E-state index contributed by atoms with van der Waals surface area (Å²) in [6, 6.07) is 0. The number of aliphatic hydroxyl groups excluding tert-OH is 1. The van der Waals surface area contributed by atoms with Crippen LogP contribution >= 0.6 is 0 Å². The monoisotopic (exact) mass is 144 g/mol. The summed E-state index contributed by atoms with van der Waals surface area (Å²) in [4.78, 5) is 9.78. The minimum atomic E-state index is 0.0258. The number of allylic oxidation sites excluding steroid dienone is 1. The molecule has 0 aromatic heterocycles. The maximum atomic E-state index is 9.78. The summed E-state index contributed by atoms with van der Waals surface area (Å²) in [6.45, 7) is 0.343. The first-order chi connectivity index (χ1) is 4.91. The number of carbonyl (C=O) groups is 1. The van der Waals surface area contributed by atoms with E-state index in [1.807, 2.05) is 0 Å². The molecule has 10 heavy (non-hydrogen) atoms. The van der Waals surface area contributed by atoms with Gasteiger partial charge in [-0.25, -0.2) is 0 Å². The van der Waals surface area contributed by atoms with Crippen LogP contribution in [0.1, 0.15) is 12.8 Å². The number of aldehydes is 1. The number of hydrogen-bond acceptors (Lipinski definition) is 3. The van der Waals surface area contributed by atoms with Crippen molar-refractivity contribution >= 4 is 6.29 Å². The van der Waals surface area contributed by atoms with Crippen LogP contribution in [0.3, 0.4) is 0 Å². The highest BCUT2D eigenvalue weighted by molar-refractivity contribution is 5.49. The zero-order valence-electron chi connectivity index (χ0n) is 5.82. The van der Waals surface area contributed by atoms with Gasteiger partial charge in [-0.1, -0.05) is 0 Å². The summed E-state index contributed by atoms with van der Waals surface area (Å²) in [5, 5.41) is 8.25. The van der Waals surface area contributed by atoms with Crippen molar-refractivity contribution in [2.45, 2.75) is 12.8 Å². The molecule has 3 nitrogen and oxygen atoms in total. The minimum Gasteiger partial charge on any atom is -0.499 e. The highest BCUT2D eigenvalue weighted by atomic mass is 16.5. The van der Waals surface area contributed by atoms with Gasteiger partial charge < -0.3 is 14.6 Å². The fraction of sp³-hybridized carbons (Fsp3) is 0.571. The third kappa shape index (κ3) is 7.17. The third-order valence-corrected chi connectivity index (χ3v) is 0.853. The van der Waals surface area contributed by atoms with E-state index in [0.29, 0.717) is 19.4 Å². The van der Waals surface area contributed by atoms with Crippen LogP contribution < -0.4 is 0 Å². The predicted octanol–water partition coefficient (Wildman–Crippen LogP) is 0.488. The largest absolute Gasteiger partial charge is 0.499 e. The van der Waals surface area contributed by atoms with Crippen LogP contribution in [0.25, 0.3) is 0 Å². The molecule has 0 saturated heterocycles. The molecule has 0 aromatic rings. The quantitative estimate of drug-likeness (QED) is 0.335. The average molecular weight is 144 g/mol. The Morgan fingerprint density at radius 3 is 2.80 bits per heavy atom. The molecule has 58 valence electrons. The van der Waals surface area contributed by atoms with E-state index in [-0.39, 0.29) is 6.61 Å². The van der Waals surface area contributed by atoms with Crippen molar-refractivity contribution in [3.05, 3.63) is 12.3 Å². The summed E-state index contributed by atoms with van der Waals surface area (Å²) in [5.74, 6) is 0.